The molecule has 3 nitrogen and oxygen atoms in total. The zero-order chi connectivity index (χ0) is 11.5. The first-order valence-electron chi connectivity index (χ1n) is 5.35. The molecular weight excluding hydrogens is 210 g/mol. The molecule has 0 heterocycles. The molecule has 4 heteroatoms. The Kier molecular flexibility index (Phi) is 4.08. The highest BCUT2D eigenvalue weighted by Crippen LogP contribution is 2.27. The van der Waals surface area contributed by atoms with Crippen molar-refractivity contribution >= 4 is 23.2 Å². The fourth-order valence-electron chi connectivity index (χ4n) is 1.15. The summed E-state index contributed by atoms with van der Waals surface area (Å²) in [5.74, 6) is 0.511. The number of ether oxygens (including phenoxy) is 1. The zero-order valence-corrected chi connectivity index (χ0v) is 10.4. The fraction of sp³-hybridized carbons (Fsp3) is 0.818. The first-order chi connectivity index (χ1) is 6.87. The SMILES string of the molecule is CC(C)(C)OC(=O)CC(=S)NCC1CC1. The van der Waals surface area contributed by atoms with Gasteiger partial charge in [0.2, 0.25) is 0 Å². The molecule has 1 N–H and O–H groups in total. The summed E-state index contributed by atoms with van der Waals surface area (Å²) >= 11 is 5.05. The summed E-state index contributed by atoms with van der Waals surface area (Å²) < 4.78 is 5.16. The van der Waals surface area contributed by atoms with E-state index in [2.05, 4.69) is 5.32 Å². The van der Waals surface area contributed by atoms with Gasteiger partial charge in [-0.15, -0.1) is 0 Å². The average molecular weight is 229 g/mol. The van der Waals surface area contributed by atoms with Gasteiger partial charge in [0.15, 0.2) is 0 Å². The first kappa shape index (κ1) is 12.4. The van der Waals surface area contributed by atoms with E-state index in [0.29, 0.717) is 4.99 Å². The molecule has 0 spiro atoms. The molecule has 0 bridgehead atoms. The number of esters is 1. The number of carbonyl (C=O) groups excluding carboxylic acids is 1. The Morgan fingerprint density at radius 2 is 2.07 bits per heavy atom. The van der Waals surface area contributed by atoms with Gasteiger partial charge in [-0.1, -0.05) is 12.2 Å². The van der Waals surface area contributed by atoms with Crippen molar-refractivity contribution in [3.8, 4) is 0 Å². The molecule has 0 aliphatic heterocycles. The molecule has 1 saturated carbocycles. The maximum Gasteiger partial charge on any atom is 0.313 e. The maximum absolute atomic E-state index is 11.4. The van der Waals surface area contributed by atoms with Crippen LogP contribution in [0.3, 0.4) is 0 Å². The van der Waals surface area contributed by atoms with Crippen molar-refractivity contribution < 1.29 is 9.53 Å². The van der Waals surface area contributed by atoms with Crippen molar-refractivity contribution in [3.05, 3.63) is 0 Å². The lowest BCUT2D eigenvalue weighted by molar-refractivity contribution is -0.153. The maximum atomic E-state index is 11.4. The smallest absolute Gasteiger partial charge is 0.313 e. The Morgan fingerprint density at radius 1 is 1.47 bits per heavy atom. The van der Waals surface area contributed by atoms with Crippen molar-refractivity contribution in [2.75, 3.05) is 6.54 Å². The molecule has 0 unspecified atom stereocenters. The van der Waals surface area contributed by atoms with Crippen LogP contribution in [0, 0.1) is 5.92 Å². The minimum atomic E-state index is -0.427. The zero-order valence-electron chi connectivity index (χ0n) is 9.63. The Balaban J connectivity index is 2.15. The van der Waals surface area contributed by atoms with E-state index >= 15 is 0 Å². The highest BCUT2D eigenvalue weighted by Gasteiger charge is 2.22. The molecule has 15 heavy (non-hydrogen) atoms. The molecule has 86 valence electrons. The molecule has 0 aromatic heterocycles. The van der Waals surface area contributed by atoms with Crippen LogP contribution in [-0.4, -0.2) is 23.1 Å². The minimum absolute atomic E-state index is 0.194. The van der Waals surface area contributed by atoms with Crippen LogP contribution in [0.25, 0.3) is 0 Å². The van der Waals surface area contributed by atoms with Gasteiger partial charge in [-0.2, -0.15) is 0 Å². The minimum Gasteiger partial charge on any atom is -0.460 e. The van der Waals surface area contributed by atoms with E-state index in [1.807, 2.05) is 20.8 Å². The van der Waals surface area contributed by atoms with Gasteiger partial charge in [-0.3, -0.25) is 4.79 Å². The molecule has 0 aromatic rings. The molecule has 1 fully saturated rings. The second-order valence-corrected chi connectivity index (χ2v) is 5.50. The lowest BCUT2D eigenvalue weighted by Gasteiger charge is -2.19. The van der Waals surface area contributed by atoms with Crippen LogP contribution in [0.5, 0.6) is 0 Å². The van der Waals surface area contributed by atoms with Gasteiger partial charge in [0.25, 0.3) is 0 Å². The van der Waals surface area contributed by atoms with E-state index < -0.39 is 5.60 Å². The summed E-state index contributed by atoms with van der Waals surface area (Å²) in [6.45, 7) is 6.46. The second kappa shape index (κ2) is 4.92. The Labute approximate surface area is 96.6 Å². The molecule has 0 radical (unpaired) electrons. The van der Waals surface area contributed by atoms with Gasteiger partial charge in [-0.05, 0) is 39.5 Å². The molecular formula is C11H19NO2S. The topological polar surface area (TPSA) is 38.3 Å². The summed E-state index contributed by atoms with van der Waals surface area (Å²) in [6.07, 6.45) is 2.75. The third kappa shape index (κ3) is 6.44. The van der Waals surface area contributed by atoms with E-state index in [4.69, 9.17) is 17.0 Å². The van der Waals surface area contributed by atoms with Gasteiger partial charge in [0, 0.05) is 6.54 Å². The third-order valence-corrected chi connectivity index (χ3v) is 2.30. The van der Waals surface area contributed by atoms with E-state index in [0.717, 1.165) is 12.5 Å². The summed E-state index contributed by atoms with van der Waals surface area (Å²) in [4.78, 5) is 12.0. The summed E-state index contributed by atoms with van der Waals surface area (Å²) in [5.41, 5.74) is -0.427. The number of hydrogen-bond acceptors (Lipinski definition) is 3. The second-order valence-electron chi connectivity index (χ2n) is 5.01. The largest absolute Gasteiger partial charge is 0.460 e. The Morgan fingerprint density at radius 3 is 2.53 bits per heavy atom. The number of rotatable bonds is 4. The van der Waals surface area contributed by atoms with Gasteiger partial charge in [0.1, 0.15) is 5.60 Å². The van der Waals surface area contributed by atoms with Crippen molar-refractivity contribution in [2.24, 2.45) is 5.92 Å². The number of carbonyl (C=O) groups is 1. The molecule has 0 aromatic carbocycles. The van der Waals surface area contributed by atoms with Crippen molar-refractivity contribution in [3.63, 3.8) is 0 Å². The van der Waals surface area contributed by atoms with Crippen LogP contribution < -0.4 is 5.32 Å². The highest BCUT2D eigenvalue weighted by atomic mass is 32.1. The van der Waals surface area contributed by atoms with E-state index in [1.54, 1.807) is 0 Å². The van der Waals surface area contributed by atoms with Crippen molar-refractivity contribution in [1.82, 2.24) is 5.32 Å². The average Bonchev–Trinajstić information content (AvgIpc) is 2.79. The van der Waals surface area contributed by atoms with Gasteiger partial charge >= 0.3 is 5.97 Å². The van der Waals surface area contributed by atoms with Crippen LogP contribution in [0.4, 0.5) is 0 Å². The molecule has 0 amide bonds. The van der Waals surface area contributed by atoms with Crippen LogP contribution in [-0.2, 0) is 9.53 Å². The summed E-state index contributed by atoms with van der Waals surface area (Å²) in [7, 11) is 0. The molecule has 0 saturated heterocycles. The molecule has 1 aliphatic carbocycles. The Bertz CT molecular complexity index is 254. The first-order valence-corrected chi connectivity index (χ1v) is 5.76. The number of thiocarbonyl (C=S) groups is 1. The summed E-state index contributed by atoms with van der Waals surface area (Å²) in [5, 5.41) is 3.09. The highest BCUT2D eigenvalue weighted by molar-refractivity contribution is 7.80. The van der Waals surface area contributed by atoms with Gasteiger partial charge < -0.3 is 10.1 Å². The van der Waals surface area contributed by atoms with E-state index in [-0.39, 0.29) is 12.4 Å². The predicted molar refractivity (Wildman–Crippen MR) is 63.8 cm³/mol. The van der Waals surface area contributed by atoms with Crippen LogP contribution >= 0.6 is 12.2 Å². The molecule has 1 rings (SSSR count). The number of nitrogens with one attached hydrogen (secondary N) is 1. The fourth-order valence-corrected chi connectivity index (χ4v) is 1.35. The third-order valence-electron chi connectivity index (χ3n) is 2.01. The van der Waals surface area contributed by atoms with Crippen molar-refractivity contribution in [1.29, 1.82) is 0 Å². The monoisotopic (exact) mass is 229 g/mol. The number of hydrogen-bond donors (Lipinski definition) is 1. The van der Waals surface area contributed by atoms with E-state index in [9.17, 15) is 4.79 Å². The predicted octanol–water partition coefficient (Wildman–Crippen LogP) is 2.05. The van der Waals surface area contributed by atoms with Gasteiger partial charge in [0.05, 0.1) is 11.4 Å². The van der Waals surface area contributed by atoms with Crippen LogP contribution in [0.2, 0.25) is 0 Å². The quantitative estimate of drug-likeness (QED) is 0.591. The van der Waals surface area contributed by atoms with Crippen LogP contribution in [0.1, 0.15) is 40.0 Å². The normalized spacial score (nSPS) is 15.9. The summed E-state index contributed by atoms with van der Waals surface area (Å²) in [6, 6.07) is 0. The van der Waals surface area contributed by atoms with Crippen LogP contribution in [0.15, 0.2) is 0 Å². The standard InChI is InChI=1S/C11H19NO2S/c1-11(2,3)14-10(13)6-9(15)12-7-8-4-5-8/h8H,4-7H2,1-3H3,(H,12,15). The molecule has 1 aliphatic rings. The lowest BCUT2D eigenvalue weighted by atomic mass is 10.2. The lowest BCUT2D eigenvalue weighted by Crippen LogP contribution is -2.30. The van der Waals surface area contributed by atoms with E-state index in [1.165, 1.54) is 12.8 Å². The molecule has 0 atom stereocenters. The van der Waals surface area contributed by atoms with Crippen molar-refractivity contribution in [2.45, 2.75) is 45.6 Å². The van der Waals surface area contributed by atoms with Gasteiger partial charge in [-0.25, -0.2) is 0 Å². The Hall–Kier alpha value is -0.640.